The average Bonchev–Trinajstić information content (AvgIpc) is 2.48. The van der Waals surface area contributed by atoms with E-state index >= 15 is 0 Å². The summed E-state index contributed by atoms with van der Waals surface area (Å²) in [6.45, 7) is 5.78. The Balaban J connectivity index is 3.11. The Labute approximate surface area is 107 Å². The van der Waals surface area contributed by atoms with Crippen LogP contribution in [0.1, 0.15) is 33.0 Å². The Morgan fingerprint density at radius 3 is 2.53 bits per heavy atom. The van der Waals surface area contributed by atoms with Gasteiger partial charge in [-0.15, -0.1) is 0 Å². The molecule has 0 saturated heterocycles. The van der Waals surface area contributed by atoms with Crippen LogP contribution < -0.4 is 0 Å². The fourth-order valence-corrected chi connectivity index (χ4v) is 2.01. The molecule has 0 aromatic carbocycles. The largest absolute Gasteiger partial charge is 0.303 e. The third-order valence-corrected chi connectivity index (χ3v) is 5.30. The minimum Gasteiger partial charge on any atom is -0.303 e. The van der Waals surface area contributed by atoms with Gasteiger partial charge >= 0.3 is 0 Å². The van der Waals surface area contributed by atoms with Crippen molar-refractivity contribution in [3.63, 3.8) is 0 Å². The van der Waals surface area contributed by atoms with Gasteiger partial charge in [-0.25, -0.2) is 8.42 Å². The van der Waals surface area contributed by atoms with Crippen molar-refractivity contribution in [1.82, 2.24) is 14.8 Å². The number of sulfone groups is 1. The van der Waals surface area contributed by atoms with E-state index < -0.39 is 14.6 Å². The molecule has 0 spiro atoms. The molecular weight excluding hydrogens is 258 g/mol. The molecule has 0 fully saturated rings. The summed E-state index contributed by atoms with van der Waals surface area (Å²) in [6, 6.07) is 0. The van der Waals surface area contributed by atoms with Crippen molar-refractivity contribution < 1.29 is 8.42 Å². The number of aromatic amines is 1. The molecule has 0 aliphatic carbocycles. The zero-order valence-corrected chi connectivity index (χ0v) is 12.3. The van der Waals surface area contributed by atoms with E-state index in [-0.39, 0.29) is 0 Å². The van der Waals surface area contributed by atoms with Crippen LogP contribution >= 0.6 is 12.2 Å². The number of H-pyrrole nitrogens is 1. The predicted molar refractivity (Wildman–Crippen MR) is 70.3 cm³/mol. The number of aromatic nitrogens is 3. The van der Waals surface area contributed by atoms with Crippen LogP contribution in [0.2, 0.25) is 0 Å². The van der Waals surface area contributed by atoms with Gasteiger partial charge in [-0.1, -0.05) is 6.92 Å². The second-order valence-corrected chi connectivity index (χ2v) is 7.85. The SMILES string of the molecule is CCCc1n[nH]c(=S)n1CC(C)(C)S(C)(=O)=O. The Kier molecular flexibility index (Phi) is 4.14. The summed E-state index contributed by atoms with van der Waals surface area (Å²) >= 11 is 5.13. The lowest BCUT2D eigenvalue weighted by Gasteiger charge is -2.23. The molecule has 1 heterocycles. The Bertz CT molecular complexity index is 540. The van der Waals surface area contributed by atoms with Gasteiger partial charge in [0.1, 0.15) is 5.82 Å². The molecular formula is C10H19N3O2S2. The highest BCUT2D eigenvalue weighted by molar-refractivity contribution is 7.92. The fraction of sp³-hybridized carbons (Fsp3) is 0.800. The van der Waals surface area contributed by atoms with Gasteiger partial charge in [0.15, 0.2) is 14.6 Å². The van der Waals surface area contributed by atoms with Crippen molar-refractivity contribution in [2.45, 2.75) is 44.9 Å². The first kappa shape index (κ1) is 14.4. The summed E-state index contributed by atoms with van der Waals surface area (Å²) in [5, 5.41) is 6.84. The average molecular weight is 277 g/mol. The van der Waals surface area contributed by atoms with Crippen LogP contribution in [-0.2, 0) is 22.8 Å². The molecule has 1 aromatic rings. The van der Waals surface area contributed by atoms with Crippen molar-refractivity contribution in [3.8, 4) is 0 Å². The normalized spacial score (nSPS) is 12.9. The van der Waals surface area contributed by atoms with E-state index in [0.29, 0.717) is 11.3 Å². The summed E-state index contributed by atoms with van der Waals surface area (Å²) in [7, 11) is -3.14. The topological polar surface area (TPSA) is 67.8 Å². The lowest BCUT2D eigenvalue weighted by Crippen LogP contribution is -2.36. The summed E-state index contributed by atoms with van der Waals surface area (Å²) < 4.78 is 24.8. The van der Waals surface area contributed by atoms with Crippen molar-refractivity contribution in [1.29, 1.82) is 0 Å². The zero-order valence-electron chi connectivity index (χ0n) is 10.6. The minimum absolute atomic E-state index is 0.330. The molecule has 0 saturated carbocycles. The molecule has 0 radical (unpaired) electrons. The molecule has 0 unspecified atom stereocenters. The van der Waals surface area contributed by atoms with Gasteiger partial charge in [0, 0.05) is 19.2 Å². The number of aryl methyl sites for hydroxylation is 1. The first-order valence-electron chi connectivity index (χ1n) is 5.52. The summed E-state index contributed by atoms with van der Waals surface area (Å²) in [5.74, 6) is 0.814. The van der Waals surface area contributed by atoms with Crippen molar-refractivity contribution in [2.24, 2.45) is 0 Å². The second-order valence-electron chi connectivity index (χ2n) is 4.81. The standard InChI is InChI=1S/C10H19N3O2S2/c1-5-6-8-11-12-9(16)13(8)7-10(2,3)17(4,14)15/h5-7H2,1-4H3,(H,12,16). The minimum atomic E-state index is -3.14. The first-order valence-corrected chi connectivity index (χ1v) is 7.82. The van der Waals surface area contributed by atoms with Gasteiger partial charge in [-0.2, -0.15) is 5.10 Å². The molecule has 1 rings (SSSR count). The molecule has 1 aromatic heterocycles. The van der Waals surface area contributed by atoms with Gasteiger partial charge in [0.05, 0.1) is 4.75 Å². The molecule has 0 atom stereocenters. The molecule has 1 N–H and O–H groups in total. The maximum atomic E-state index is 11.7. The number of hydrogen-bond donors (Lipinski definition) is 1. The van der Waals surface area contributed by atoms with E-state index in [1.54, 1.807) is 18.4 Å². The summed E-state index contributed by atoms with van der Waals surface area (Å²) in [4.78, 5) is 0. The number of rotatable bonds is 5. The van der Waals surface area contributed by atoms with Gasteiger partial charge in [0.2, 0.25) is 0 Å². The number of hydrogen-bond acceptors (Lipinski definition) is 4. The third-order valence-electron chi connectivity index (χ3n) is 2.85. The highest BCUT2D eigenvalue weighted by Gasteiger charge is 2.31. The zero-order chi connectivity index (χ0) is 13.3. The van der Waals surface area contributed by atoms with Crippen LogP contribution in [0, 0.1) is 4.77 Å². The van der Waals surface area contributed by atoms with Crippen molar-refractivity contribution >= 4 is 22.1 Å². The third kappa shape index (κ3) is 3.16. The quantitative estimate of drug-likeness (QED) is 0.832. The van der Waals surface area contributed by atoms with Crippen molar-refractivity contribution in [3.05, 3.63) is 10.6 Å². The predicted octanol–water partition coefficient (Wildman–Crippen LogP) is 1.72. The van der Waals surface area contributed by atoms with Crippen LogP contribution in [0.4, 0.5) is 0 Å². The van der Waals surface area contributed by atoms with E-state index in [2.05, 4.69) is 10.2 Å². The van der Waals surface area contributed by atoms with E-state index in [1.807, 2.05) is 6.92 Å². The van der Waals surface area contributed by atoms with Crippen LogP contribution in [-0.4, -0.2) is 34.2 Å². The van der Waals surface area contributed by atoms with Crippen molar-refractivity contribution in [2.75, 3.05) is 6.26 Å². The Morgan fingerprint density at radius 2 is 2.06 bits per heavy atom. The summed E-state index contributed by atoms with van der Waals surface area (Å²) in [5.41, 5.74) is 0. The lowest BCUT2D eigenvalue weighted by molar-refractivity contribution is 0.490. The maximum Gasteiger partial charge on any atom is 0.195 e. The lowest BCUT2D eigenvalue weighted by atomic mass is 10.2. The number of nitrogens with one attached hydrogen (secondary N) is 1. The molecule has 0 aliphatic rings. The monoisotopic (exact) mass is 277 g/mol. The maximum absolute atomic E-state index is 11.7. The molecule has 5 nitrogen and oxygen atoms in total. The van der Waals surface area contributed by atoms with Gasteiger partial charge in [0.25, 0.3) is 0 Å². The fourth-order valence-electron chi connectivity index (χ4n) is 1.43. The van der Waals surface area contributed by atoms with E-state index in [1.165, 1.54) is 6.26 Å². The summed E-state index contributed by atoms with van der Waals surface area (Å²) in [6.07, 6.45) is 2.97. The molecule has 7 heteroatoms. The Hall–Kier alpha value is -0.690. The highest BCUT2D eigenvalue weighted by atomic mass is 32.2. The molecule has 0 bridgehead atoms. The first-order chi connectivity index (χ1) is 7.69. The molecule has 98 valence electrons. The second kappa shape index (κ2) is 4.89. The van der Waals surface area contributed by atoms with E-state index in [9.17, 15) is 8.42 Å². The molecule has 0 aliphatic heterocycles. The Morgan fingerprint density at radius 1 is 1.47 bits per heavy atom. The van der Waals surface area contributed by atoms with Gasteiger partial charge < -0.3 is 4.57 Å². The van der Waals surface area contributed by atoms with E-state index in [0.717, 1.165) is 18.7 Å². The van der Waals surface area contributed by atoms with Gasteiger partial charge in [-0.3, -0.25) is 5.10 Å². The smallest absolute Gasteiger partial charge is 0.195 e. The molecule has 0 amide bonds. The number of nitrogens with zero attached hydrogens (tertiary/aromatic N) is 2. The van der Waals surface area contributed by atoms with Crippen LogP contribution in [0.3, 0.4) is 0 Å². The van der Waals surface area contributed by atoms with Crippen LogP contribution in [0.25, 0.3) is 0 Å². The van der Waals surface area contributed by atoms with Crippen LogP contribution in [0.5, 0.6) is 0 Å². The highest BCUT2D eigenvalue weighted by Crippen LogP contribution is 2.19. The van der Waals surface area contributed by atoms with Crippen LogP contribution in [0.15, 0.2) is 0 Å². The van der Waals surface area contributed by atoms with E-state index in [4.69, 9.17) is 12.2 Å². The van der Waals surface area contributed by atoms with Gasteiger partial charge in [-0.05, 0) is 32.5 Å². The molecule has 17 heavy (non-hydrogen) atoms.